The highest BCUT2D eigenvalue weighted by molar-refractivity contribution is 6.11. The number of nitrogens with one attached hydrogen (secondary N) is 2. The van der Waals surface area contributed by atoms with Gasteiger partial charge in [-0.3, -0.25) is 15.1 Å². The molecular formula is C19H29N5O2. The smallest absolute Gasteiger partial charge is 0.337 e. The molecule has 0 radical (unpaired) electrons. The van der Waals surface area contributed by atoms with Crippen molar-refractivity contribution in [1.29, 1.82) is 0 Å². The topological polar surface area (TPSA) is 103 Å². The van der Waals surface area contributed by atoms with E-state index in [9.17, 15) is 4.79 Å². The Morgan fingerprint density at radius 1 is 1.23 bits per heavy atom. The Kier molecular flexibility index (Phi) is 11.8. The fraction of sp³-hybridized carbons (Fsp3) is 0.368. The van der Waals surface area contributed by atoms with Crippen molar-refractivity contribution in [3.05, 3.63) is 53.2 Å². The van der Waals surface area contributed by atoms with E-state index in [0.29, 0.717) is 12.1 Å². The molecule has 3 N–H and O–H groups in total. The molecule has 0 amide bonds. The Labute approximate surface area is 155 Å². The maximum Gasteiger partial charge on any atom is 0.337 e. The highest BCUT2D eigenvalue weighted by Gasteiger charge is 2.09. The number of aromatic carboxylic acids is 1. The zero-order valence-corrected chi connectivity index (χ0v) is 16.4. The molecule has 0 fully saturated rings. The van der Waals surface area contributed by atoms with Crippen molar-refractivity contribution >= 4 is 17.8 Å². The van der Waals surface area contributed by atoms with Gasteiger partial charge in [-0.2, -0.15) is 5.10 Å². The summed E-state index contributed by atoms with van der Waals surface area (Å²) in [6.45, 7) is 10.5. The zero-order valence-electron chi connectivity index (χ0n) is 16.4. The van der Waals surface area contributed by atoms with Gasteiger partial charge in [-0.25, -0.2) is 4.79 Å². The number of nitrogens with zero attached hydrogens (tertiary/aromatic N) is 3. The molecule has 0 saturated heterocycles. The fourth-order valence-electron chi connectivity index (χ4n) is 1.93. The molecule has 0 aliphatic rings. The van der Waals surface area contributed by atoms with Crippen LogP contribution in [0.25, 0.3) is 5.57 Å². The van der Waals surface area contributed by atoms with Gasteiger partial charge in [0.2, 0.25) is 0 Å². The monoisotopic (exact) mass is 359 g/mol. The van der Waals surface area contributed by atoms with Crippen LogP contribution < -0.4 is 5.32 Å². The number of hydrogen-bond acceptors (Lipinski definition) is 5. The number of allylic oxidation sites excluding steroid dienone is 2. The summed E-state index contributed by atoms with van der Waals surface area (Å²) < 4.78 is 0. The van der Waals surface area contributed by atoms with Gasteiger partial charge in [0.05, 0.1) is 11.8 Å². The van der Waals surface area contributed by atoms with E-state index in [-0.39, 0.29) is 5.56 Å². The van der Waals surface area contributed by atoms with Crippen LogP contribution >= 0.6 is 0 Å². The fourth-order valence-corrected chi connectivity index (χ4v) is 1.93. The minimum atomic E-state index is -1.01. The van der Waals surface area contributed by atoms with E-state index in [1.54, 1.807) is 37.9 Å². The second kappa shape index (κ2) is 13.3. The molecular weight excluding hydrogens is 330 g/mol. The Morgan fingerprint density at radius 3 is 2.42 bits per heavy atom. The van der Waals surface area contributed by atoms with Gasteiger partial charge in [0.15, 0.2) is 0 Å². The molecule has 0 spiro atoms. The van der Waals surface area contributed by atoms with Crippen molar-refractivity contribution in [2.24, 2.45) is 4.99 Å². The third-order valence-electron chi connectivity index (χ3n) is 3.07. The van der Waals surface area contributed by atoms with Gasteiger partial charge < -0.3 is 10.4 Å². The third kappa shape index (κ3) is 7.29. The van der Waals surface area contributed by atoms with Gasteiger partial charge in [0, 0.05) is 60.8 Å². The molecule has 2 heterocycles. The molecule has 7 nitrogen and oxygen atoms in total. The van der Waals surface area contributed by atoms with Crippen LogP contribution in [-0.4, -0.2) is 39.5 Å². The second-order valence-corrected chi connectivity index (χ2v) is 4.65. The number of rotatable bonds is 6. The first-order valence-electron chi connectivity index (χ1n) is 8.65. The summed E-state index contributed by atoms with van der Waals surface area (Å²) in [6.07, 6.45) is 8.16. The molecule has 7 heteroatoms. The van der Waals surface area contributed by atoms with Crippen molar-refractivity contribution in [3.63, 3.8) is 0 Å². The van der Waals surface area contributed by atoms with E-state index in [0.717, 1.165) is 16.8 Å². The first kappa shape index (κ1) is 23.0. The molecule has 26 heavy (non-hydrogen) atoms. The summed E-state index contributed by atoms with van der Waals surface area (Å²) in [6, 6.07) is 1.58. The van der Waals surface area contributed by atoms with Crippen molar-refractivity contribution in [1.82, 2.24) is 20.5 Å². The molecule has 142 valence electrons. The lowest BCUT2D eigenvalue weighted by atomic mass is 10.1. The van der Waals surface area contributed by atoms with Gasteiger partial charge >= 0.3 is 5.97 Å². The molecule has 0 bridgehead atoms. The normalized spacial score (nSPS) is 10.8. The molecule has 2 rings (SSSR count). The number of carboxylic acids is 1. The van der Waals surface area contributed by atoms with Crippen LogP contribution in [0.5, 0.6) is 0 Å². The quantitative estimate of drug-likeness (QED) is 0.681. The standard InChI is InChI=1S/C15H17N5O2.2C2H6/c1-10(18-4-11-5-19-20-6-11)14(9-16-2)12-3-13(15(21)22)8-17-7-12;2*1-2/h3,5-9,18H,4H2,1-2H3,(H,19,20)(H,21,22);2*1-2H3/b14-10-,16-9?;;. The lowest BCUT2D eigenvalue weighted by molar-refractivity contribution is 0.0696. The van der Waals surface area contributed by atoms with Gasteiger partial charge in [0.1, 0.15) is 0 Å². The van der Waals surface area contributed by atoms with Crippen LogP contribution in [0.15, 0.2) is 41.5 Å². The van der Waals surface area contributed by atoms with Crippen molar-refractivity contribution < 1.29 is 9.90 Å². The molecule has 0 aliphatic carbocycles. The van der Waals surface area contributed by atoms with Crippen LogP contribution in [0.4, 0.5) is 0 Å². The maximum atomic E-state index is 11.1. The summed E-state index contributed by atoms with van der Waals surface area (Å²) in [7, 11) is 1.66. The molecule has 0 unspecified atom stereocenters. The van der Waals surface area contributed by atoms with Crippen molar-refractivity contribution in [3.8, 4) is 0 Å². The summed E-state index contributed by atoms with van der Waals surface area (Å²) in [5.74, 6) is -1.01. The molecule has 0 atom stereocenters. The van der Waals surface area contributed by atoms with Crippen molar-refractivity contribution in [2.45, 2.75) is 41.2 Å². The van der Waals surface area contributed by atoms with Gasteiger partial charge in [0.25, 0.3) is 0 Å². The van der Waals surface area contributed by atoms with Gasteiger partial charge in [-0.05, 0) is 13.0 Å². The Balaban J connectivity index is 0.00000146. The summed E-state index contributed by atoms with van der Waals surface area (Å²) >= 11 is 0. The molecule has 2 aromatic heterocycles. The summed E-state index contributed by atoms with van der Waals surface area (Å²) in [5.41, 5.74) is 3.52. The van der Waals surface area contributed by atoms with E-state index in [4.69, 9.17) is 5.11 Å². The number of aliphatic imine (C=N–C) groups is 1. The number of carboxylic acid groups (broad SMARTS) is 1. The molecule has 0 saturated carbocycles. The first-order valence-corrected chi connectivity index (χ1v) is 8.65. The SMILES string of the molecule is CC.CC.CN=C/C(=C(\C)NCc1cn[nH]c1)c1cncc(C(=O)O)c1. The lowest BCUT2D eigenvalue weighted by Crippen LogP contribution is -2.13. The van der Waals surface area contributed by atoms with Gasteiger partial charge in [-0.1, -0.05) is 27.7 Å². The number of hydrogen-bond donors (Lipinski definition) is 3. The van der Waals surface area contributed by atoms with Crippen LogP contribution in [-0.2, 0) is 6.54 Å². The lowest BCUT2D eigenvalue weighted by Gasteiger charge is -2.11. The average Bonchev–Trinajstić information content (AvgIpc) is 3.21. The minimum Gasteiger partial charge on any atom is -0.478 e. The predicted molar refractivity (Wildman–Crippen MR) is 106 cm³/mol. The highest BCUT2D eigenvalue weighted by atomic mass is 16.4. The Morgan fingerprint density at radius 2 is 1.88 bits per heavy atom. The number of aromatic amines is 1. The van der Waals surface area contributed by atoms with E-state index >= 15 is 0 Å². The van der Waals surface area contributed by atoms with Crippen LogP contribution in [0.3, 0.4) is 0 Å². The van der Waals surface area contributed by atoms with E-state index in [1.165, 1.54) is 6.20 Å². The Bertz CT molecular complexity index is 706. The largest absolute Gasteiger partial charge is 0.478 e. The molecule has 2 aromatic rings. The van der Waals surface area contributed by atoms with E-state index in [2.05, 4.69) is 25.5 Å². The van der Waals surface area contributed by atoms with Crippen molar-refractivity contribution in [2.75, 3.05) is 7.05 Å². The Hall–Kier alpha value is -2.96. The average molecular weight is 359 g/mol. The number of carbonyl (C=O) groups is 1. The number of pyridine rings is 1. The molecule has 0 aliphatic heterocycles. The van der Waals surface area contributed by atoms with E-state index in [1.807, 2.05) is 34.6 Å². The number of H-pyrrole nitrogens is 1. The zero-order chi connectivity index (χ0) is 19.9. The third-order valence-corrected chi connectivity index (χ3v) is 3.07. The van der Waals surface area contributed by atoms with Gasteiger partial charge in [-0.15, -0.1) is 0 Å². The predicted octanol–water partition coefficient (Wildman–Crippen LogP) is 3.78. The summed E-state index contributed by atoms with van der Waals surface area (Å²) in [4.78, 5) is 19.1. The highest BCUT2D eigenvalue weighted by Crippen LogP contribution is 2.16. The van der Waals surface area contributed by atoms with Crippen LogP contribution in [0.1, 0.15) is 56.1 Å². The molecule has 0 aromatic carbocycles. The summed E-state index contributed by atoms with van der Waals surface area (Å²) in [5, 5.41) is 19.0. The second-order valence-electron chi connectivity index (χ2n) is 4.65. The minimum absolute atomic E-state index is 0.141. The van der Waals surface area contributed by atoms with E-state index < -0.39 is 5.97 Å². The maximum absolute atomic E-state index is 11.1. The van der Waals surface area contributed by atoms with Crippen LogP contribution in [0.2, 0.25) is 0 Å². The van der Waals surface area contributed by atoms with Crippen LogP contribution in [0, 0.1) is 0 Å². The first-order chi connectivity index (χ1) is 12.6. The number of aromatic nitrogens is 3.